The molecule has 0 unspecified atom stereocenters. The third-order valence-corrected chi connectivity index (χ3v) is 5.85. The number of rotatable bonds is 5. The first-order valence-corrected chi connectivity index (χ1v) is 9.69. The van der Waals surface area contributed by atoms with Gasteiger partial charge in [0, 0.05) is 31.2 Å². The first kappa shape index (κ1) is 19.5. The van der Waals surface area contributed by atoms with Crippen LogP contribution in [0.4, 0.5) is 4.39 Å². The monoisotopic (exact) mass is 394 g/mol. The Hall–Kier alpha value is -2.83. The predicted molar refractivity (Wildman–Crippen MR) is 108 cm³/mol. The van der Waals surface area contributed by atoms with Gasteiger partial charge >= 0.3 is 5.97 Å². The minimum absolute atomic E-state index is 0.150. The Kier molecular flexibility index (Phi) is 5.30. The predicted octanol–water partition coefficient (Wildman–Crippen LogP) is 3.25. The highest BCUT2D eigenvalue weighted by molar-refractivity contribution is 5.81. The second-order valence-electron chi connectivity index (χ2n) is 7.77. The molecule has 2 heterocycles. The Morgan fingerprint density at radius 1 is 1.17 bits per heavy atom. The standard InChI is InChI=1S/C23H23FN2O3/c24-18-7-5-16(6-8-18)13-23(22(28)29)15-26(12-10-21(23)27)14-17-9-11-25-20-4-2-1-3-19(17)20/h1-9,11,21,27H,10,12-15H2,(H,28,29)/t21-,23-/m1/s1. The molecule has 0 amide bonds. The summed E-state index contributed by atoms with van der Waals surface area (Å²) in [5.74, 6) is -1.40. The quantitative estimate of drug-likeness (QED) is 0.695. The molecular formula is C23H23FN2O3. The van der Waals surface area contributed by atoms with Crippen LogP contribution in [0.5, 0.6) is 0 Å². The summed E-state index contributed by atoms with van der Waals surface area (Å²) in [5, 5.41) is 21.8. The number of hydrogen-bond donors (Lipinski definition) is 2. The Balaban J connectivity index is 1.61. The fourth-order valence-corrected chi connectivity index (χ4v) is 4.26. The van der Waals surface area contributed by atoms with Crippen molar-refractivity contribution in [2.24, 2.45) is 5.41 Å². The second-order valence-corrected chi connectivity index (χ2v) is 7.77. The molecule has 0 bridgehead atoms. The topological polar surface area (TPSA) is 73.7 Å². The van der Waals surface area contributed by atoms with E-state index in [0.29, 0.717) is 25.1 Å². The van der Waals surface area contributed by atoms with Crippen LogP contribution in [0.25, 0.3) is 10.9 Å². The number of carboxylic acids is 1. The molecule has 5 nitrogen and oxygen atoms in total. The molecule has 4 rings (SSSR count). The zero-order valence-corrected chi connectivity index (χ0v) is 16.0. The number of nitrogens with zero attached hydrogens (tertiary/aromatic N) is 2. The molecule has 2 N–H and O–H groups in total. The lowest BCUT2D eigenvalue weighted by Gasteiger charge is -2.43. The molecule has 29 heavy (non-hydrogen) atoms. The van der Waals surface area contributed by atoms with Gasteiger partial charge in [-0.2, -0.15) is 0 Å². The molecular weight excluding hydrogens is 371 g/mol. The molecule has 3 aromatic rings. The average molecular weight is 394 g/mol. The summed E-state index contributed by atoms with van der Waals surface area (Å²) < 4.78 is 13.2. The van der Waals surface area contributed by atoms with Gasteiger partial charge in [-0.1, -0.05) is 30.3 Å². The summed E-state index contributed by atoms with van der Waals surface area (Å²) in [6.07, 6.45) is 1.32. The van der Waals surface area contributed by atoms with Crippen LogP contribution < -0.4 is 0 Å². The van der Waals surface area contributed by atoms with Crippen molar-refractivity contribution in [2.75, 3.05) is 13.1 Å². The van der Waals surface area contributed by atoms with E-state index in [-0.39, 0.29) is 18.8 Å². The van der Waals surface area contributed by atoms with E-state index in [1.165, 1.54) is 12.1 Å². The lowest BCUT2D eigenvalue weighted by Crippen LogP contribution is -2.56. The van der Waals surface area contributed by atoms with E-state index in [0.717, 1.165) is 16.5 Å². The molecule has 1 aliphatic rings. The number of aromatic nitrogens is 1. The largest absolute Gasteiger partial charge is 0.481 e. The maximum absolute atomic E-state index is 13.2. The van der Waals surface area contributed by atoms with Gasteiger partial charge in [-0.3, -0.25) is 14.7 Å². The van der Waals surface area contributed by atoms with E-state index in [1.54, 1.807) is 18.3 Å². The number of para-hydroxylation sites is 1. The smallest absolute Gasteiger partial charge is 0.313 e. The normalized spacial score (nSPS) is 22.6. The van der Waals surface area contributed by atoms with E-state index in [9.17, 15) is 19.4 Å². The molecule has 1 saturated heterocycles. The number of carbonyl (C=O) groups is 1. The van der Waals surface area contributed by atoms with Crippen LogP contribution in [-0.2, 0) is 17.8 Å². The Morgan fingerprint density at radius 2 is 1.93 bits per heavy atom. The van der Waals surface area contributed by atoms with Crippen molar-refractivity contribution in [1.82, 2.24) is 9.88 Å². The van der Waals surface area contributed by atoms with Crippen molar-refractivity contribution < 1.29 is 19.4 Å². The van der Waals surface area contributed by atoms with Gasteiger partial charge in [0.15, 0.2) is 0 Å². The van der Waals surface area contributed by atoms with Crippen molar-refractivity contribution in [3.05, 3.63) is 77.7 Å². The van der Waals surface area contributed by atoms with Crippen molar-refractivity contribution in [3.8, 4) is 0 Å². The molecule has 0 spiro atoms. The van der Waals surface area contributed by atoms with Crippen molar-refractivity contribution >= 4 is 16.9 Å². The third kappa shape index (κ3) is 3.86. The number of likely N-dealkylation sites (tertiary alicyclic amines) is 1. The van der Waals surface area contributed by atoms with Gasteiger partial charge < -0.3 is 10.2 Å². The van der Waals surface area contributed by atoms with Gasteiger partial charge in [-0.05, 0) is 48.2 Å². The number of aliphatic hydroxyl groups is 1. The lowest BCUT2D eigenvalue weighted by atomic mass is 9.72. The van der Waals surface area contributed by atoms with Crippen molar-refractivity contribution in [3.63, 3.8) is 0 Å². The second kappa shape index (κ2) is 7.89. The van der Waals surface area contributed by atoms with Crippen LogP contribution in [0.15, 0.2) is 60.8 Å². The number of carboxylic acid groups (broad SMARTS) is 1. The Morgan fingerprint density at radius 3 is 2.69 bits per heavy atom. The maximum Gasteiger partial charge on any atom is 0.313 e. The molecule has 2 aromatic carbocycles. The first-order chi connectivity index (χ1) is 14.0. The average Bonchev–Trinajstić information content (AvgIpc) is 2.72. The number of aliphatic hydroxyl groups excluding tert-OH is 1. The molecule has 1 aromatic heterocycles. The Labute approximate surface area is 168 Å². The molecule has 6 heteroatoms. The van der Waals surface area contributed by atoms with Crippen LogP contribution in [0, 0.1) is 11.2 Å². The summed E-state index contributed by atoms with van der Waals surface area (Å²) in [4.78, 5) is 18.8. The van der Waals surface area contributed by atoms with Gasteiger partial charge in [-0.25, -0.2) is 4.39 Å². The molecule has 150 valence electrons. The fraction of sp³-hybridized carbons (Fsp3) is 0.304. The van der Waals surface area contributed by atoms with E-state index >= 15 is 0 Å². The first-order valence-electron chi connectivity index (χ1n) is 9.69. The molecule has 0 radical (unpaired) electrons. The van der Waals surface area contributed by atoms with Crippen molar-refractivity contribution in [1.29, 1.82) is 0 Å². The third-order valence-electron chi connectivity index (χ3n) is 5.85. The van der Waals surface area contributed by atoms with Gasteiger partial charge in [0.2, 0.25) is 0 Å². The van der Waals surface area contributed by atoms with Gasteiger partial charge in [-0.15, -0.1) is 0 Å². The summed E-state index contributed by atoms with van der Waals surface area (Å²) in [6, 6.07) is 15.6. The number of hydrogen-bond acceptors (Lipinski definition) is 4. The number of fused-ring (bicyclic) bond motifs is 1. The minimum Gasteiger partial charge on any atom is -0.481 e. The number of halogens is 1. The van der Waals surface area contributed by atoms with Crippen LogP contribution in [0.1, 0.15) is 17.5 Å². The Bertz CT molecular complexity index is 1020. The van der Waals surface area contributed by atoms with E-state index < -0.39 is 17.5 Å². The highest BCUT2D eigenvalue weighted by Crippen LogP contribution is 2.35. The maximum atomic E-state index is 13.2. The summed E-state index contributed by atoms with van der Waals surface area (Å²) in [5.41, 5.74) is 1.34. The summed E-state index contributed by atoms with van der Waals surface area (Å²) >= 11 is 0. The van der Waals surface area contributed by atoms with Crippen LogP contribution in [0.2, 0.25) is 0 Å². The molecule has 0 saturated carbocycles. The van der Waals surface area contributed by atoms with Gasteiger partial charge in [0.25, 0.3) is 0 Å². The molecule has 1 aliphatic heterocycles. The molecule has 2 atom stereocenters. The molecule has 1 fully saturated rings. The van der Waals surface area contributed by atoms with Crippen LogP contribution in [0.3, 0.4) is 0 Å². The molecule has 0 aliphatic carbocycles. The number of aliphatic carboxylic acids is 1. The van der Waals surface area contributed by atoms with Gasteiger partial charge in [0.05, 0.1) is 11.6 Å². The zero-order valence-electron chi connectivity index (χ0n) is 16.0. The fourth-order valence-electron chi connectivity index (χ4n) is 4.26. The van der Waals surface area contributed by atoms with E-state index in [1.807, 2.05) is 30.3 Å². The zero-order chi connectivity index (χ0) is 20.4. The number of piperidine rings is 1. The number of pyridine rings is 1. The lowest BCUT2D eigenvalue weighted by molar-refractivity contribution is -0.163. The van der Waals surface area contributed by atoms with Gasteiger partial charge in [0.1, 0.15) is 11.2 Å². The van der Waals surface area contributed by atoms with Crippen molar-refractivity contribution in [2.45, 2.75) is 25.5 Å². The number of benzene rings is 2. The highest BCUT2D eigenvalue weighted by atomic mass is 19.1. The van der Waals surface area contributed by atoms with Crippen LogP contribution >= 0.6 is 0 Å². The van der Waals surface area contributed by atoms with Crippen LogP contribution in [-0.4, -0.2) is 45.3 Å². The highest BCUT2D eigenvalue weighted by Gasteiger charge is 2.49. The summed E-state index contributed by atoms with van der Waals surface area (Å²) in [6.45, 7) is 1.40. The minimum atomic E-state index is -1.33. The van der Waals surface area contributed by atoms with E-state index in [4.69, 9.17) is 0 Å². The SMILES string of the molecule is O=C(O)[C@]1(Cc2ccc(F)cc2)CN(Cc2ccnc3ccccc23)CC[C@H]1O. The summed E-state index contributed by atoms with van der Waals surface area (Å²) in [7, 11) is 0. The van der Waals surface area contributed by atoms with E-state index in [2.05, 4.69) is 9.88 Å².